The first-order valence-corrected chi connectivity index (χ1v) is 5.92. The van der Waals surface area contributed by atoms with Gasteiger partial charge in [0, 0.05) is 24.3 Å². The first kappa shape index (κ1) is 12.1. The van der Waals surface area contributed by atoms with Gasteiger partial charge in [-0.1, -0.05) is 17.7 Å². The van der Waals surface area contributed by atoms with Gasteiger partial charge in [0.2, 0.25) is 0 Å². The van der Waals surface area contributed by atoms with Gasteiger partial charge in [-0.25, -0.2) is 0 Å². The van der Waals surface area contributed by atoms with Gasteiger partial charge in [-0.15, -0.1) is 0 Å². The fourth-order valence-electron chi connectivity index (χ4n) is 1.93. The molecule has 1 heterocycles. The van der Waals surface area contributed by atoms with Crippen LogP contribution in [0.15, 0.2) is 30.6 Å². The third-order valence-corrected chi connectivity index (χ3v) is 2.92. The summed E-state index contributed by atoms with van der Waals surface area (Å²) in [5, 5.41) is 4.87. The standard InChI is InChI=1S/C13H16ClN3/c1-9-3-11(6-12(14)4-9)13(15)5-10-7-16-17(2)8-10/h3-4,6-8,13H,5,15H2,1-2H3. The van der Waals surface area contributed by atoms with Gasteiger partial charge in [0.1, 0.15) is 0 Å². The summed E-state index contributed by atoms with van der Waals surface area (Å²) in [7, 11) is 1.90. The Morgan fingerprint density at radius 2 is 2.18 bits per heavy atom. The van der Waals surface area contributed by atoms with Crippen LogP contribution in [0.3, 0.4) is 0 Å². The average molecular weight is 250 g/mol. The van der Waals surface area contributed by atoms with Crippen LogP contribution in [0.5, 0.6) is 0 Å². The molecular weight excluding hydrogens is 234 g/mol. The van der Waals surface area contributed by atoms with E-state index in [1.807, 2.05) is 38.5 Å². The maximum absolute atomic E-state index is 6.18. The number of nitrogens with zero attached hydrogens (tertiary/aromatic N) is 2. The van der Waals surface area contributed by atoms with Crippen LogP contribution in [0.4, 0.5) is 0 Å². The predicted octanol–water partition coefficient (Wildman–Crippen LogP) is 2.62. The van der Waals surface area contributed by atoms with Crippen LogP contribution in [0.25, 0.3) is 0 Å². The van der Waals surface area contributed by atoms with Crippen LogP contribution in [0.1, 0.15) is 22.7 Å². The zero-order chi connectivity index (χ0) is 12.4. The number of rotatable bonds is 3. The summed E-state index contributed by atoms with van der Waals surface area (Å²) in [6.45, 7) is 2.02. The molecule has 0 bridgehead atoms. The molecule has 1 unspecified atom stereocenters. The summed E-state index contributed by atoms with van der Waals surface area (Å²) < 4.78 is 1.78. The molecule has 0 saturated carbocycles. The number of hydrogen-bond acceptors (Lipinski definition) is 2. The highest BCUT2D eigenvalue weighted by Gasteiger charge is 2.09. The highest BCUT2D eigenvalue weighted by Crippen LogP contribution is 2.21. The lowest BCUT2D eigenvalue weighted by Gasteiger charge is -2.12. The number of hydrogen-bond donors (Lipinski definition) is 1. The second-order valence-electron chi connectivity index (χ2n) is 4.39. The molecule has 1 atom stereocenters. The van der Waals surface area contributed by atoms with Gasteiger partial charge in [0.15, 0.2) is 0 Å². The fraction of sp³-hybridized carbons (Fsp3) is 0.308. The molecule has 2 aromatic rings. The molecular formula is C13H16ClN3. The van der Waals surface area contributed by atoms with Crippen molar-refractivity contribution in [3.8, 4) is 0 Å². The quantitative estimate of drug-likeness (QED) is 0.909. The Morgan fingerprint density at radius 1 is 1.41 bits per heavy atom. The monoisotopic (exact) mass is 249 g/mol. The lowest BCUT2D eigenvalue weighted by molar-refractivity contribution is 0.718. The molecule has 17 heavy (non-hydrogen) atoms. The van der Waals surface area contributed by atoms with Crippen LogP contribution >= 0.6 is 11.6 Å². The van der Waals surface area contributed by atoms with E-state index in [9.17, 15) is 0 Å². The van der Waals surface area contributed by atoms with Crippen molar-refractivity contribution in [3.05, 3.63) is 52.3 Å². The lowest BCUT2D eigenvalue weighted by Crippen LogP contribution is -2.13. The molecule has 0 amide bonds. The Kier molecular flexibility index (Phi) is 3.50. The van der Waals surface area contributed by atoms with Gasteiger partial charge in [0.25, 0.3) is 0 Å². The SMILES string of the molecule is Cc1cc(Cl)cc(C(N)Cc2cnn(C)c2)c1. The Morgan fingerprint density at radius 3 is 2.76 bits per heavy atom. The summed E-state index contributed by atoms with van der Waals surface area (Å²) >= 11 is 6.03. The van der Waals surface area contributed by atoms with Gasteiger partial charge in [-0.3, -0.25) is 4.68 Å². The van der Waals surface area contributed by atoms with Crippen molar-refractivity contribution >= 4 is 11.6 Å². The number of benzene rings is 1. The third kappa shape index (κ3) is 3.08. The number of halogens is 1. The Labute approximate surface area is 106 Å². The highest BCUT2D eigenvalue weighted by molar-refractivity contribution is 6.30. The summed E-state index contributed by atoms with van der Waals surface area (Å²) in [5.41, 5.74) is 9.52. The Hall–Kier alpha value is -1.32. The molecule has 90 valence electrons. The molecule has 0 aliphatic rings. The molecule has 1 aromatic carbocycles. The number of aromatic nitrogens is 2. The molecule has 1 aromatic heterocycles. The average Bonchev–Trinajstić information content (AvgIpc) is 2.62. The van der Waals surface area contributed by atoms with E-state index < -0.39 is 0 Å². The van der Waals surface area contributed by atoms with Gasteiger partial charge >= 0.3 is 0 Å². The highest BCUT2D eigenvalue weighted by atomic mass is 35.5. The van der Waals surface area contributed by atoms with Crippen molar-refractivity contribution < 1.29 is 0 Å². The first-order valence-electron chi connectivity index (χ1n) is 5.55. The van der Waals surface area contributed by atoms with Crippen molar-refractivity contribution in [1.29, 1.82) is 0 Å². The van der Waals surface area contributed by atoms with Crippen LogP contribution in [-0.2, 0) is 13.5 Å². The molecule has 4 heteroatoms. The predicted molar refractivity (Wildman–Crippen MR) is 70.0 cm³/mol. The summed E-state index contributed by atoms with van der Waals surface area (Å²) in [6, 6.07) is 5.89. The topological polar surface area (TPSA) is 43.8 Å². The van der Waals surface area contributed by atoms with Gasteiger partial charge in [-0.2, -0.15) is 5.10 Å². The van der Waals surface area contributed by atoms with E-state index in [-0.39, 0.29) is 6.04 Å². The van der Waals surface area contributed by atoms with E-state index in [0.29, 0.717) is 0 Å². The maximum Gasteiger partial charge on any atom is 0.0522 e. The molecule has 2 rings (SSSR count). The first-order chi connectivity index (χ1) is 8.04. The van der Waals surface area contributed by atoms with E-state index in [1.165, 1.54) is 0 Å². The van der Waals surface area contributed by atoms with E-state index in [4.69, 9.17) is 17.3 Å². The minimum absolute atomic E-state index is 0.0448. The second kappa shape index (κ2) is 4.90. The minimum atomic E-state index is -0.0448. The van der Waals surface area contributed by atoms with Crippen molar-refractivity contribution in [1.82, 2.24) is 9.78 Å². The summed E-state index contributed by atoms with van der Waals surface area (Å²) in [6.07, 6.45) is 4.60. The molecule has 0 aliphatic heterocycles. The number of nitrogens with two attached hydrogens (primary N) is 1. The summed E-state index contributed by atoms with van der Waals surface area (Å²) in [4.78, 5) is 0. The molecule has 0 spiro atoms. The normalized spacial score (nSPS) is 12.7. The van der Waals surface area contributed by atoms with Crippen LogP contribution in [-0.4, -0.2) is 9.78 Å². The van der Waals surface area contributed by atoms with Gasteiger partial charge in [0.05, 0.1) is 6.20 Å². The van der Waals surface area contributed by atoms with Gasteiger partial charge < -0.3 is 5.73 Å². The van der Waals surface area contributed by atoms with Crippen molar-refractivity contribution in [2.45, 2.75) is 19.4 Å². The van der Waals surface area contributed by atoms with E-state index in [0.717, 1.165) is 28.1 Å². The van der Waals surface area contributed by atoms with E-state index in [1.54, 1.807) is 4.68 Å². The van der Waals surface area contributed by atoms with Crippen LogP contribution < -0.4 is 5.73 Å². The smallest absolute Gasteiger partial charge is 0.0522 e. The third-order valence-electron chi connectivity index (χ3n) is 2.71. The molecule has 0 radical (unpaired) electrons. The Bertz CT molecular complexity index is 499. The molecule has 0 saturated heterocycles. The zero-order valence-corrected chi connectivity index (χ0v) is 10.8. The molecule has 2 N–H and O–H groups in total. The van der Waals surface area contributed by atoms with Crippen molar-refractivity contribution in [3.63, 3.8) is 0 Å². The van der Waals surface area contributed by atoms with E-state index in [2.05, 4.69) is 11.2 Å². The van der Waals surface area contributed by atoms with Crippen LogP contribution in [0.2, 0.25) is 5.02 Å². The zero-order valence-electron chi connectivity index (χ0n) is 10.0. The lowest BCUT2D eigenvalue weighted by atomic mass is 10.00. The van der Waals surface area contributed by atoms with Crippen molar-refractivity contribution in [2.75, 3.05) is 0 Å². The Balaban J connectivity index is 2.16. The number of aryl methyl sites for hydroxylation is 2. The van der Waals surface area contributed by atoms with E-state index >= 15 is 0 Å². The van der Waals surface area contributed by atoms with Crippen molar-refractivity contribution in [2.24, 2.45) is 12.8 Å². The molecule has 0 aliphatic carbocycles. The summed E-state index contributed by atoms with van der Waals surface area (Å²) in [5.74, 6) is 0. The van der Waals surface area contributed by atoms with Gasteiger partial charge in [-0.05, 0) is 42.2 Å². The molecule has 0 fully saturated rings. The van der Waals surface area contributed by atoms with Crippen LogP contribution in [0, 0.1) is 6.92 Å². The maximum atomic E-state index is 6.18. The fourth-order valence-corrected chi connectivity index (χ4v) is 2.23. The second-order valence-corrected chi connectivity index (χ2v) is 4.83. The largest absolute Gasteiger partial charge is 0.324 e. The minimum Gasteiger partial charge on any atom is -0.324 e. The molecule has 3 nitrogen and oxygen atoms in total.